The van der Waals surface area contributed by atoms with Gasteiger partial charge in [-0.05, 0) is 49.1 Å². The zero-order valence-electron chi connectivity index (χ0n) is 20.1. The number of hydrogen-bond donors (Lipinski definition) is 1. The summed E-state index contributed by atoms with van der Waals surface area (Å²) in [6.07, 6.45) is 0.313. The van der Waals surface area contributed by atoms with Gasteiger partial charge in [-0.1, -0.05) is 54.6 Å². The van der Waals surface area contributed by atoms with Crippen LogP contribution in [0, 0.1) is 6.92 Å². The van der Waals surface area contributed by atoms with Crippen LogP contribution in [0.5, 0.6) is 11.5 Å². The number of aryl methyl sites for hydroxylation is 1. The number of aromatic carboxylic acids is 1. The van der Waals surface area contributed by atoms with Gasteiger partial charge in [0.25, 0.3) is 0 Å². The highest BCUT2D eigenvalue weighted by atomic mass is 16.5. The number of carboxylic acids is 1. The van der Waals surface area contributed by atoms with Gasteiger partial charge in [0.1, 0.15) is 23.7 Å². The van der Waals surface area contributed by atoms with Crippen molar-refractivity contribution < 1.29 is 24.2 Å². The SMILES string of the molecule is Cc1cc(OC(C)C)cc(OCc2cccc(CN(C)C(=O)Cc3ccccc3)c2)c1C(=O)O. The molecule has 1 amide bonds. The fourth-order valence-corrected chi connectivity index (χ4v) is 3.70. The van der Waals surface area contributed by atoms with Crippen LogP contribution < -0.4 is 9.47 Å². The van der Waals surface area contributed by atoms with Gasteiger partial charge >= 0.3 is 5.97 Å². The summed E-state index contributed by atoms with van der Waals surface area (Å²) in [5.74, 6) is -0.171. The Kier molecular flexibility index (Phi) is 8.30. The summed E-state index contributed by atoms with van der Waals surface area (Å²) >= 11 is 0. The van der Waals surface area contributed by atoms with E-state index in [1.54, 1.807) is 31.0 Å². The summed E-state index contributed by atoms with van der Waals surface area (Å²) in [6, 6.07) is 20.7. The molecule has 0 saturated heterocycles. The topological polar surface area (TPSA) is 76.1 Å². The van der Waals surface area contributed by atoms with E-state index in [-0.39, 0.29) is 29.9 Å². The number of nitrogens with zero attached hydrogens (tertiary/aromatic N) is 1. The van der Waals surface area contributed by atoms with Crippen LogP contribution in [-0.2, 0) is 24.4 Å². The Morgan fingerprint density at radius 2 is 1.62 bits per heavy atom. The molecular formula is C28H31NO5. The summed E-state index contributed by atoms with van der Waals surface area (Å²) in [4.78, 5) is 26.1. The minimum absolute atomic E-state index is 0.0383. The van der Waals surface area contributed by atoms with E-state index in [4.69, 9.17) is 9.47 Å². The lowest BCUT2D eigenvalue weighted by Crippen LogP contribution is -2.27. The average Bonchev–Trinajstić information content (AvgIpc) is 2.77. The van der Waals surface area contributed by atoms with Crippen molar-refractivity contribution in [3.63, 3.8) is 0 Å². The molecule has 0 fully saturated rings. The molecule has 0 heterocycles. The maximum atomic E-state index is 12.6. The Labute approximate surface area is 200 Å². The smallest absolute Gasteiger partial charge is 0.339 e. The highest BCUT2D eigenvalue weighted by Gasteiger charge is 2.18. The molecule has 0 aliphatic heterocycles. The van der Waals surface area contributed by atoms with Crippen molar-refractivity contribution in [2.45, 2.75) is 46.4 Å². The Morgan fingerprint density at radius 1 is 0.941 bits per heavy atom. The molecule has 0 aliphatic carbocycles. The zero-order valence-corrected chi connectivity index (χ0v) is 20.1. The molecule has 0 radical (unpaired) electrons. The number of amides is 1. The van der Waals surface area contributed by atoms with E-state index in [2.05, 4.69) is 0 Å². The van der Waals surface area contributed by atoms with Crippen molar-refractivity contribution in [1.29, 1.82) is 0 Å². The molecular weight excluding hydrogens is 430 g/mol. The summed E-state index contributed by atoms with van der Waals surface area (Å²) < 4.78 is 11.7. The van der Waals surface area contributed by atoms with E-state index in [1.807, 2.05) is 68.4 Å². The minimum Gasteiger partial charge on any atom is -0.491 e. The summed E-state index contributed by atoms with van der Waals surface area (Å²) in [5, 5.41) is 9.66. The van der Waals surface area contributed by atoms with Gasteiger partial charge in [0.15, 0.2) is 0 Å². The second kappa shape index (κ2) is 11.4. The molecule has 0 atom stereocenters. The van der Waals surface area contributed by atoms with Crippen LogP contribution in [0.3, 0.4) is 0 Å². The summed E-state index contributed by atoms with van der Waals surface area (Å²) in [7, 11) is 1.79. The van der Waals surface area contributed by atoms with E-state index >= 15 is 0 Å². The van der Waals surface area contributed by atoms with Crippen molar-refractivity contribution >= 4 is 11.9 Å². The lowest BCUT2D eigenvalue weighted by Gasteiger charge is -2.18. The molecule has 3 aromatic carbocycles. The van der Waals surface area contributed by atoms with Crippen LogP contribution >= 0.6 is 0 Å². The van der Waals surface area contributed by atoms with E-state index in [9.17, 15) is 14.7 Å². The quantitative estimate of drug-likeness (QED) is 0.446. The maximum Gasteiger partial charge on any atom is 0.339 e. The molecule has 0 aromatic heterocycles. The molecule has 1 N–H and O–H groups in total. The fraction of sp³-hybridized carbons (Fsp3) is 0.286. The molecule has 0 bridgehead atoms. The number of carbonyl (C=O) groups is 2. The number of hydrogen-bond acceptors (Lipinski definition) is 4. The van der Waals surface area contributed by atoms with Gasteiger partial charge < -0.3 is 19.5 Å². The van der Waals surface area contributed by atoms with Gasteiger partial charge in [-0.3, -0.25) is 4.79 Å². The number of likely N-dealkylation sites (N-methyl/N-ethyl adjacent to an activating group) is 1. The predicted octanol–water partition coefficient (Wildman–Crippen LogP) is 5.26. The Morgan fingerprint density at radius 3 is 2.29 bits per heavy atom. The number of ether oxygens (including phenoxy) is 2. The van der Waals surface area contributed by atoms with Gasteiger partial charge in [-0.25, -0.2) is 4.79 Å². The van der Waals surface area contributed by atoms with Crippen LogP contribution in [-0.4, -0.2) is 35.0 Å². The van der Waals surface area contributed by atoms with Gasteiger partial charge in [-0.15, -0.1) is 0 Å². The Hall–Kier alpha value is -3.80. The molecule has 6 nitrogen and oxygen atoms in total. The summed E-state index contributed by atoms with van der Waals surface area (Å²) in [5.41, 5.74) is 3.53. The first-order valence-corrected chi connectivity index (χ1v) is 11.3. The molecule has 178 valence electrons. The van der Waals surface area contributed by atoms with Gasteiger partial charge in [0, 0.05) is 19.7 Å². The summed E-state index contributed by atoms with van der Waals surface area (Å²) in [6.45, 7) is 6.21. The van der Waals surface area contributed by atoms with Crippen molar-refractivity contribution in [1.82, 2.24) is 4.90 Å². The largest absolute Gasteiger partial charge is 0.491 e. The van der Waals surface area contributed by atoms with Crippen molar-refractivity contribution in [3.05, 3.63) is 94.5 Å². The zero-order chi connectivity index (χ0) is 24.7. The van der Waals surface area contributed by atoms with Gasteiger partial charge in [0.2, 0.25) is 5.91 Å². The van der Waals surface area contributed by atoms with Gasteiger partial charge in [-0.2, -0.15) is 0 Å². The number of carboxylic acid groups (broad SMARTS) is 1. The van der Waals surface area contributed by atoms with E-state index in [0.717, 1.165) is 16.7 Å². The molecule has 0 unspecified atom stereocenters. The molecule has 6 heteroatoms. The second-order valence-corrected chi connectivity index (χ2v) is 8.61. The third-order valence-corrected chi connectivity index (χ3v) is 5.29. The third-order valence-electron chi connectivity index (χ3n) is 5.29. The molecule has 0 aliphatic rings. The third kappa shape index (κ3) is 6.85. The number of carbonyl (C=O) groups excluding carboxylic acids is 1. The minimum atomic E-state index is -1.05. The van der Waals surface area contributed by atoms with Crippen LogP contribution in [0.15, 0.2) is 66.7 Å². The monoisotopic (exact) mass is 461 g/mol. The van der Waals surface area contributed by atoms with Crippen LogP contribution in [0.1, 0.15) is 46.5 Å². The maximum absolute atomic E-state index is 12.6. The van der Waals surface area contributed by atoms with Crippen LogP contribution in [0.2, 0.25) is 0 Å². The van der Waals surface area contributed by atoms with Crippen molar-refractivity contribution in [2.24, 2.45) is 0 Å². The van der Waals surface area contributed by atoms with Crippen LogP contribution in [0.4, 0.5) is 0 Å². The van der Waals surface area contributed by atoms with E-state index in [1.165, 1.54) is 0 Å². The Bertz CT molecular complexity index is 1140. The van der Waals surface area contributed by atoms with Crippen molar-refractivity contribution in [3.8, 4) is 11.5 Å². The standard InChI is InChI=1S/C28H31NO5/c1-19(2)34-24-13-20(3)27(28(31)32)25(16-24)33-18-23-12-8-11-22(14-23)17-29(4)26(30)15-21-9-6-5-7-10-21/h5-14,16,19H,15,17-18H2,1-4H3,(H,31,32). The number of rotatable bonds is 10. The first-order chi connectivity index (χ1) is 16.2. The number of benzene rings is 3. The molecule has 0 saturated carbocycles. The van der Waals surface area contributed by atoms with E-state index in [0.29, 0.717) is 24.3 Å². The predicted molar refractivity (Wildman–Crippen MR) is 131 cm³/mol. The second-order valence-electron chi connectivity index (χ2n) is 8.61. The first kappa shape index (κ1) is 24.8. The average molecular weight is 462 g/mol. The lowest BCUT2D eigenvalue weighted by molar-refractivity contribution is -0.129. The fourth-order valence-electron chi connectivity index (χ4n) is 3.70. The van der Waals surface area contributed by atoms with E-state index < -0.39 is 5.97 Å². The van der Waals surface area contributed by atoms with Crippen molar-refractivity contribution in [2.75, 3.05) is 7.05 Å². The normalized spacial score (nSPS) is 10.7. The highest BCUT2D eigenvalue weighted by Crippen LogP contribution is 2.30. The molecule has 3 rings (SSSR count). The first-order valence-electron chi connectivity index (χ1n) is 11.3. The molecule has 3 aromatic rings. The van der Waals surface area contributed by atoms with Crippen LogP contribution in [0.25, 0.3) is 0 Å². The lowest BCUT2D eigenvalue weighted by atomic mass is 10.1. The Balaban J connectivity index is 1.69. The molecule has 34 heavy (non-hydrogen) atoms. The highest BCUT2D eigenvalue weighted by molar-refractivity contribution is 5.93. The van der Waals surface area contributed by atoms with Gasteiger partial charge in [0.05, 0.1) is 12.5 Å². The molecule has 0 spiro atoms.